The Bertz CT molecular complexity index is 494. The monoisotopic (exact) mass is 295 g/mol. The van der Waals surface area contributed by atoms with Crippen molar-refractivity contribution in [3.63, 3.8) is 0 Å². The van der Waals surface area contributed by atoms with Crippen molar-refractivity contribution in [3.8, 4) is 0 Å². The molecule has 0 aliphatic heterocycles. The van der Waals surface area contributed by atoms with Crippen molar-refractivity contribution in [1.82, 2.24) is 0 Å². The number of anilines is 1. The Labute approximate surface area is 124 Å². The number of thioether (sulfide) groups is 1. The van der Waals surface area contributed by atoms with Crippen LogP contribution in [-0.2, 0) is 9.59 Å². The number of carboxylic acid groups (broad SMARTS) is 1. The number of rotatable bonds is 5. The number of para-hydroxylation sites is 1. The molecule has 0 saturated carbocycles. The SMILES string of the molecule is CC[C@@H](Sc1ccccc1NC(=O)C(C)(C)C)C(=O)O. The summed E-state index contributed by atoms with van der Waals surface area (Å²) in [5.74, 6) is -0.927. The van der Waals surface area contributed by atoms with E-state index in [4.69, 9.17) is 5.11 Å². The molecule has 1 amide bonds. The smallest absolute Gasteiger partial charge is 0.316 e. The van der Waals surface area contributed by atoms with Gasteiger partial charge in [0.05, 0.1) is 5.69 Å². The van der Waals surface area contributed by atoms with E-state index in [0.29, 0.717) is 12.1 Å². The first kappa shape index (κ1) is 16.6. The Kier molecular flexibility index (Phi) is 5.62. The van der Waals surface area contributed by atoms with Gasteiger partial charge in [-0.3, -0.25) is 9.59 Å². The van der Waals surface area contributed by atoms with Gasteiger partial charge in [-0.05, 0) is 18.6 Å². The highest BCUT2D eigenvalue weighted by Crippen LogP contribution is 2.32. The molecule has 0 spiro atoms. The molecule has 0 aliphatic rings. The molecule has 0 aliphatic carbocycles. The normalized spacial score (nSPS) is 12.8. The summed E-state index contributed by atoms with van der Waals surface area (Å²) in [5.41, 5.74) is 0.173. The first-order chi connectivity index (χ1) is 9.25. The fraction of sp³-hybridized carbons (Fsp3) is 0.467. The van der Waals surface area contributed by atoms with Gasteiger partial charge in [-0.25, -0.2) is 0 Å². The second-order valence-electron chi connectivity index (χ2n) is 5.55. The lowest BCUT2D eigenvalue weighted by Gasteiger charge is -2.20. The van der Waals surface area contributed by atoms with E-state index in [1.807, 2.05) is 45.9 Å². The highest BCUT2D eigenvalue weighted by atomic mass is 32.2. The van der Waals surface area contributed by atoms with Crippen LogP contribution in [0.2, 0.25) is 0 Å². The molecule has 4 nitrogen and oxygen atoms in total. The minimum atomic E-state index is -0.838. The summed E-state index contributed by atoms with van der Waals surface area (Å²) in [6, 6.07) is 7.28. The zero-order valence-corrected chi connectivity index (χ0v) is 13.1. The number of benzene rings is 1. The number of nitrogens with one attached hydrogen (secondary N) is 1. The summed E-state index contributed by atoms with van der Waals surface area (Å²) >= 11 is 1.26. The summed E-state index contributed by atoms with van der Waals surface area (Å²) in [6.45, 7) is 7.35. The summed E-state index contributed by atoms with van der Waals surface area (Å²) < 4.78 is 0. The van der Waals surface area contributed by atoms with Crippen LogP contribution in [0.4, 0.5) is 5.69 Å². The lowest BCUT2D eigenvalue weighted by molar-refractivity contribution is -0.136. The van der Waals surface area contributed by atoms with Crippen LogP contribution in [0.3, 0.4) is 0 Å². The van der Waals surface area contributed by atoms with Gasteiger partial charge in [0, 0.05) is 10.3 Å². The van der Waals surface area contributed by atoms with E-state index < -0.39 is 16.6 Å². The third-order valence-corrected chi connectivity index (χ3v) is 4.16. The Morgan fingerprint density at radius 2 is 1.90 bits per heavy atom. The topological polar surface area (TPSA) is 66.4 Å². The fourth-order valence-electron chi connectivity index (χ4n) is 1.44. The van der Waals surface area contributed by atoms with Gasteiger partial charge >= 0.3 is 5.97 Å². The Morgan fingerprint density at radius 1 is 1.30 bits per heavy atom. The molecule has 0 saturated heterocycles. The Balaban J connectivity index is 2.94. The van der Waals surface area contributed by atoms with Crippen molar-refractivity contribution < 1.29 is 14.7 Å². The van der Waals surface area contributed by atoms with E-state index in [0.717, 1.165) is 4.90 Å². The van der Waals surface area contributed by atoms with Crippen molar-refractivity contribution in [2.45, 2.75) is 44.3 Å². The van der Waals surface area contributed by atoms with Gasteiger partial charge in [0.1, 0.15) is 5.25 Å². The second-order valence-corrected chi connectivity index (χ2v) is 6.80. The van der Waals surface area contributed by atoms with Crippen LogP contribution in [0.5, 0.6) is 0 Å². The van der Waals surface area contributed by atoms with Gasteiger partial charge in [0.25, 0.3) is 0 Å². The molecule has 1 rings (SSSR count). The molecule has 1 aromatic carbocycles. The summed E-state index contributed by atoms with van der Waals surface area (Å²) in [4.78, 5) is 23.9. The standard InChI is InChI=1S/C15H21NO3S/c1-5-11(13(17)18)20-12-9-7-6-8-10(12)16-14(19)15(2,3)4/h6-9,11H,5H2,1-4H3,(H,16,19)(H,17,18)/t11-/m1/s1. The average molecular weight is 295 g/mol. The van der Waals surface area contributed by atoms with Crippen molar-refractivity contribution in [2.75, 3.05) is 5.32 Å². The number of hydrogen-bond donors (Lipinski definition) is 2. The molecule has 0 aromatic heterocycles. The molecule has 2 N–H and O–H groups in total. The number of hydrogen-bond acceptors (Lipinski definition) is 3. The number of aliphatic carboxylic acids is 1. The van der Waals surface area contributed by atoms with E-state index in [-0.39, 0.29) is 5.91 Å². The predicted octanol–water partition coefficient (Wildman–Crippen LogP) is 3.63. The van der Waals surface area contributed by atoms with Gasteiger partial charge in [-0.2, -0.15) is 0 Å². The van der Waals surface area contributed by atoms with Crippen molar-refractivity contribution in [3.05, 3.63) is 24.3 Å². The minimum Gasteiger partial charge on any atom is -0.480 e. The van der Waals surface area contributed by atoms with Crippen LogP contribution in [0.15, 0.2) is 29.2 Å². The lowest BCUT2D eigenvalue weighted by atomic mass is 9.95. The number of carbonyl (C=O) groups excluding carboxylic acids is 1. The highest BCUT2D eigenvalue weighted by Gasteiger charge is 2.23. The van der Waals surface area contributed by atoms with Gasteiger partial charge in [-0.15, -0.1) is 11.8 Å². The van der Waals surface area contributed by atoms with Crippen molar-refractivity contribution >= 4 is 29.3 Å². The van der Waals surface area contributed by atoms with Crippen LogP contribution in [0.1, 0.15) is 34.1 Å². The van der Waals surface area contributed by atoms with Gasteiger partial charge in [-0.1, -0.05) is 39.8 Å². The van der Waals surface area contributed by atoms with E-state index in [9.17, 15) is 9.59 Å². The third-order valence-electron chi connectivity index (χ3n) is 2.73. The van der Waals surface area contributed by atoms with Crippen LogP contribution >= 0.6 is 11.8 Å². The maximum Gasteiger partial charge on any atom is 0.316 e. The average Bonchev–Trinajstić information content (AvgIpc) is 2.36. The molecule has 1 atom stereocenters. The zero-order valence-electron chi connectivity index (χ0n) is 12.3. The molecule has 0 fully saturated rings. The summed E-state index contributed by atoms with van der Waals surface area (Å²) in [6.07, 6.45) is 0.529. The first-order valence-corrected chi connectivity index (χ1v) is 7.43. The van der Waals surface area contributed by atoms with E-state index >= 15 is 0 Å². The molecule has 110 valence electrons. The highest BCUT2D eigenvalue weighted by molar-refractivity contribution is 8.00. The molecule has 20 heavy (non-hydrogen) atoms. The van der Waals surface area contributed by atoms with Crippen molar-refractivity contribution in [1.29, 1.82) is 0 Å². The van der Waals surface area contributed by atoms with Gasteiger partial charge < -0.3 is 10.4 Å². The molecule has 5 heteroatoms. The molecule has 0 heterocycles. The fourth-order valence-corrected chi connectivity index (χ4v) is 2.42. The molecule has 0 radical (unpaired) electrons. The van der Waals surface area contributed by atoms with Crippen molar-refractivity contribution in [2.24, 2.45) is 5.41 Å². The first-order valence-electron chi connectivity index (χ1n) is 6.55. The van der Waals surface area contributed by atoms with E-state index in [2.05, 4.69) is 5.32 Å². The summed E-state index contributed by atoms with van der Waals surface area (Å²) in [7, 11) is 0. The predicted molar refractivity (Wildman–Crippen MR) is 82.1 cm³/mol. The second kappa shape index (κ2) is 6.79. The van der Waals surface area contributed by atoms with Crippen LogP contribution < -0.4 is 5.32 Å². The van der Waals surface area contributed by atoms with E-state index in [1.54, 1.807) is 6.07 Å². The maximum absolute atomic E-state index is 12.0. The summed E-state index contributed by atoms with van der Waals surface area (Å²) in [5, 5.41) is 11.5. The molecule has 0 unspecified atom stereocenters. The van der Waals surface area contributed by atoms with E-state index in [1.165, 1.54) is 11.8 Å². The minimum absolute atomic E-state index is 0.0890. The Morgan fingerprint density at radius 3 is 2.40 bits per heavy atom. The largest absolute Gasteiger partial charge is 0.480 e. The van der Waals surface area contributed by atoms with Gasteiger partial charge in [0.2, 0.25) is 5.91 Å². The maximum atomic E-state index is 12.0. The number of carboxylic acids is 1. The molecule has 1 aromatic rings. The van der Waals surface area contributed by atoms with Crippen LogP contribution in [0.25, 0.3) is 0 Å². The number of amides is 1. The number of carbonyl (C=O) groups is 2. The van der Waals surface area contributed by atoms with Gasteiger partial charge in [0.15, 0.2) is 0 Å². The third kappa shape index (κ3) is 4.56. The van der Waals surface area contributed by atoms with Crippen LogP contribution in [0, 0.1) is 5.41 Å². The molecule has 0 bridgehead atoms. The lowest BCUT2D eigenvalue weighted by Crippen LogP contribution is -2.28. The van der Waals surface area contributed by atoms with Crippen LogP contribution in [-0.4, -0.2) is 22.2 Å². The zero-order chi connectivity index (χ0) is 15.3. The molecular formula is C15H21NO3S. The molecular weight excluding hydrogens is 274 g/mol. The Hall–Kier alpha value is -1.49. The quantitative estimate of drug-likeness (QED) is 0.814.